The topological polar surface area (TPSA) is 37.8 Å². The highest BCUT2D eigenvalue weighted by Crippen LogP contribution is 2.21. The Morgan fingerprint density at radius 3 is 2.82 bits per heavy atom. The van der Waals surface area contributed by atoms with Gasteiger partial charge in [-0.25, -0.2) is 4.39 Å². The molecule has 88 valence electrons. The Balaban J connectivity index is 2.18. The predicted molar refractivity (Wildman–Crippen MR) is 65.2 cm³/mol. The Bertz CT molecular complexity index is 499. The van der Waals surface area contributed by atoms with Gasteiger partial charge in [-0.05, 0) is 31.5 Å². The number of aromatic nitrogens is 2. The summed E-state index contributed by atoms with van der Waals surface area (Å²) in [6.07, 6.45) is 4.97. The molecule has 0 radical (unpaired) electrons. The molecule has 3 nitrogen and oxygen atoms in total. The number of aryl methyl sites for hydroxylation is 1. The zero-order chi connectivity index (χ0) is 12.3. The van der Waals surface area contributed by atoms with Crippen molar-refractivity contribution in [1.82, 2.24) is 9.97 Å². The summed E-state index contributed by atoms with van der Waals surface area (Å²) in [6, 6.07) is 4.68. The maximum atomic E-state index is 13.1. The van der Waals surface area contributed by atoms with E-state index < -0.39 is 0 Å². The Morgan fingerprint density at radius 2 is 2.12 bits per heavy atom. The van der Waals surface area contributed by atoms with E-state index in [0.717, 1.165) is 16.9 Å². The first-order valence-electron chi connectivity index (χ1n) is 5.45. The lowest BCUT2D eigenvalue weighted by Crippen LogP contribution is -2.09. The van der Waals surface area contributed by atoms with Crippen molar-refractivity contribution in [2.24, 2.45) is 0 Å². The van der Waals surface area contributed by atoms with Gasteiger partial charge in [-0.2, -0.15) is 0 Å². The van der Waals surface area contributed by atoms with Crippen LogP contribution < -0.4 is 5.32 Å². The van der Waals surface area contributed by atoms with E-state index in [2.05, 4.69) is 15.3 Å². The van der Waals surface area contributed by atoms with Crippen LogP contribution in [0, 0.1) is 12.7 Å². The molecule has 1 N–H and O–H groups in total. The van der Waals surface area contributed by atoms with Crippen molar-refractivity contribution in [3.8, 4) is 0 Å². The molecule has 2 rings (SSSR count). The molecular weight excluding hydrogens is 217 g/mol. The summed E-state index contributed by atoms with van der Waals surface area (Å²) in [4.78, 5) is 8.22. The van der Waals surface area contributed by atoms with Crippen LogP contribution in [0.1, 0.15) is 24.2 Å². The summed E-state index contributed by atoms with van der Waals surface area (Å²) in [5, 5.41) is 3.22. The third kappa shape index (κ3) is 2.78. The molecule has 0 saturated heterocycles. The molecule has 0 aliphatic rings. The fourth-order valence-electron chi connectivity index (χ4n) is 1.59. The van der Waals surface area contributed by atoms with Crippen LogP contribution in [0.5, 0.6) is 0 Å². The van der Waals surface area contributed by atoms with Crippen LogP contribution in [0.3, 0.4) is 0 Å². The van der Waals surface area contributed by atoms with Crippen LogP contribution in [-0.4, -0.2) is 9.97 Å². The summed E-state index contributed by atoms with van der Waals surface area (Å²) in [7, 11) is 0. The van der Waals surface area contributed by atoms with Crippen molar-refractivity contribution < 1.29 is 4.39 Å². The van der Waals surface area contributed by atoms with Crippen LogP contribution in [-0.2, 0) is 0 Å². The van der Waals surface area contributed by atoms with Gasteiger partial charge in [-0.1, -0.05) is 6.07 Å². The molecule has 0 fully saturated rings. The lowest BCUT2D eigenvalue weighted by atomic mass is 10.1. The zero-order valence-corrected chi connectivity index (χ0v) is 9.81. The summed E-state index contributed by atoms with van der Waals surface area (Å²) in [5.74, 6) is -0.246. The number of benzene rings is 1. The zero-order valence-electron chi connectivity index (χ0n) is 9.81. The van der Waals surface area contributed by atoms with Gasteiger partial charge in [0.25, 0.3) is 0 Å². The molecule has 0 saturated carbocycles. The van der Waals surface area contributed by atoms with Crippen molar-refractivity contribution in [3.05, 3.63) is 53.9 Å². The van der Waals surface area contributed by atoms with E-state index in [-0.39, 0.29) is 11.9 Å². The van der Waals surface area contributed by atoms with Gasteiger partial charge >= 0.3 is 0 Å². The standard InChI is InChI=1S/C13H14FN3/c1-9-3-4-11(14)7-12(9)17-10(2)13-8-15-5-6-16-13/h3-8,10,17H,1-2H3. The number of anilines is 1. The van der Waals surface area contributed by atoms with Gasteiger partial charge in [0.2, 0.25) is 0 Å². The quantitative estimate of drug-likeness (QED) is 0.882. The molecule has 1 heterocycles. The van der Waals surface area contributed by atoms with Crippen molar-refractivity contribution in [3.63, 3.8) is 0 Å². The van der Waals surface area contributed by atoms with Crippen molar-refractivity contribution in [2.75, 3.05) is 5.32 Å². The first kappa shape index (κ1) is 11.5. The summed E-state index contributed by atoms with van der Waals surface area (Å²) in [5.41, 5.74) is 2.61. The average molecular weight is 231 g/mol. The van der Waals surface area contributed by atoms with E-state index in [1.165, 1.54) is 12.1 Å². The minimum absolute atomic E-state index is 0.0100. The molecule has 0 aliphatic carbocycles. The normalized spacial score (nSPS) is 12.2. The molecule has 0 spiro atoms. The maximum absolute atomic E-state index is 13.1. The first-order valence-corrected chi connectivity index (χ1v) is 5.45. The molecule has 1 aromatic heterocycles. The second-order valence-corrected chi connectivity index (χ2v) is 3.96. The summed E-state index contributed by atoms with van der Waals surface area (Å²) < 4.78 is 13.1. The highest BCUT2D eigenvalue weighted by molar-refractivity contribution is 5.51. The Kier molecular flexibility index (Phi) is 3.32. The molecule has 1 aromatic carbocycles. The maximum Gasteiger partial charge on any atom is 0.125 e. The van der Waals surface area contributed by atoms with Crippen molar-refractivity contribution in [2.45, 2.75) is 19.9 Å². The summed E-state index contributed by atoms with van der Waals surface area (Å²) >= 11 is 0. The van der Waals surface area contributed by atoms with Crippen LogP contribution in [0.25, 0.3) is 0 Å². The Labute approximate surface area is 99.7 Å². The summed E-state index contributed by atoms with van der Waals surface area (Å²) in [6.45, 7) is 3.90. The van der Waals surface area contributed by atoms with Crippen molar-refractivity contribution >= 4 is 5.69 Å². The highest BCUT2D eigenvalue weighted by atomic mass is 19.1. The average Bonchev–Trinajstić information content (AvgIpc) is 2.35. The number of hydrogen-bond donors (Lipinski definition) is 1. The van der Waals surface area contributed by atoms with Crippen LogP contribution in [0.4, 0.5) is 10.1 Å². The molecular formula is C13H14FN3. The van der Waals surface area contributed by atoms with Crippen LogP contribution in [0.15, 0.2) is 36.8 Å². The van der Waals surface area contributed by atoms with Gasteiger partial charge in [0.05, 0.1) is 17.9 Å². The van der Waals surface area contributed by atoms with E-state index in [1.807, 2.05) is 13.8 Å². The third-order valence-electron chi connectivity index (χ3n) is 2.60. The smallest absolute Gasteiger partial charge is 0.125 e. The minimum Gasteiger partial charge on any atom is -0.377 e. The monoisotopic (exact) mass is 231 g/mol. The van der Waals surface area contributed by atoms with Crippen LogP contribution >= 0.6 is 0 Å². The first-order chi connectivity index (χ1) is 8.16. The second kappa shape index (κ2) is 4.91. The van der Waals surface area contributed by atoms with Gasteiger partial charge in [0.15, 0.2) is 0 Å². The van der Waals surface area contributed by atoms with Gasteiger partial charge in [-0.3, -0.25) is 9.97 Å². The van der Waals surface area contributed by atoms with E-state index in [9.17, 15) is 4.39 Å². The van der Waals surface area contributed by atoms with E-state index >= 15 is 0 Å². The van der Waals surface area contributed by atoms with E-state index in [0.29, 0.717) is 0 Å². The van der Waals surface area contributed by atoms with Gasteiger partial charge in [0, 0.05) is 18.1 Å². The van der Waals surface area contributed by atoms with Gasteiger partial charge in [-0.15, -0.1) is 0 Å². The fourth-order valence-corrected chi connectivity index (χ4v) is 1.59. The largest absolute Gasteiger partial charge is 0.377 e. The third-order valence-corrected chi connectivity index (χ3v) is 2.60. The lowest BCUT2D eigenvalue weighted by molar-refractivity contribution is 0.627. The molecule has 0 amide bonds. The van der Waals surface area contributed by atoms with Crippen LogP contribution in [0.2, 0.25) is 0 Å². The molecule has 17 heavy (non-hydrogen) atoms. The number of nitrogens with one attached hydrogen (secondary N) is 1. The number of hydrogen-bond acceptors (Lipinski definition) is 3. The predicted octanol–water partition coefficient (Wildman–Crippen LogP) is 3.10. The highest BCUT2D eigenvalue weighted by Gasteiger charge is 2.08. The molecule has 0 bridgehead atoms. The fraction of sp³-hybridized carbons (Fsp3) is 0.231. The van der Waals surface area contributed by atoms with E-state index in [1.54, 1.807) is 24.7 Å². The van der Waals surface area contributed by atoms with Gasteiger partial charge < -0.3 is 5.32 Å². The number of halogens is 1. The van der Waals surface area contributed by atoms with E-state index in [4.69, 9.17) is 0 Å². The number of nitrogens with zero attached hydrogens (tertiary/aromatic N) is 2. The molecule has 1 unspecified atom stereocenters. The molecule has 2 aromatic rings. The molecule has 4 heteroatoms. The Hall–Kier alpha value is -1.97. The molecule has 0 aliphatic heterocycles. The second-order valence-electron chi connectivity index (χ2n) is 3.96. The van der Waals surface area contributed by atoms with Gasteiger partial charge in [0.1, 0.15) is 5.82 Å². The lowest BCUT2D eigenvalue weighted by Gasteiger charge is -2.16. The Morgan fingerprint density at radius 1 is 1.29 bits per heavy atom. The minimum atomic E-state index is -0.246. The molecule has 1 atom stereocenters. The SMILES string of the molecule is Cc1ccc(F)cc1NC(C)c1cnccn1. The van der Waals surface area contributed by atoms with Crippen molar-refractivity contribution in [1.29, 1.82) is 0 Å². The number of rotatable bonds is 3.